The number of aryl methyl sites for hydroxylation is 1. The Balaban J connectivity index is 1.98. The lowest BCUT2D eigenvalue weighted by Gasteiger charge is -2.27. The first-order valence-electron chi connectivity index (χ1n) is 7.17. The van der Waals surface area contributed by atoms with E-state index in [1.54, 1.807) is 11.3 Å². The Morgan fingerprint density at radius 1 is 1.57 bits per heavy atom. The number of nitrogens with zero attached hydrogens (tertiary/aromatic N) is 2. The van der Waals surface area contributed by atoms with Gasteiger partial charge in [-0.3, -0.25) is 4.79 Å². The summed E-state index contributed by atoms with van der Waals surface area (Å²) in [4.78, 5) is 17.2. The highest BCUT2D eigenvalue weighted by atomic mass is 32.1. The molecule has 2 aromatic rings. The number of nitrogens with two attached hydrogens (primary N) is 1. The third kappa shape index (κ3) is 3.71. The van der Waals surface area contributed by atoms with E-state index in [2.05, 4.69) is 20.9 Å². The summed E-state index contributed by atoms with van der Waals surface area (Å²) in [6.07, 6.45) is 5.36. The van der Waals surface area contributed by atoms with Gasteiger partial charge >= 0.3 is 0 Å². The van der Waals surface area contributed by atoms with Gasteiger partial charge in [0.1, 0.15) is 5.82 Å². The summed E-state index contributed by atoms with van der Waals surface area (Å²) in [7, 11) is 0. The van der Waals surface area contributed by atoms with Crippen LogP contribution in [0.1, 0.15) is 26.7 Å². The molecule has 1 unspecified atom stereocenters. The summed E-state index contributed by atoms with van der Waals surface area (Å²) < 4.78 is 2.12. The van der Waals surface area contributed by atoms with E-state index in [0.29, 0.717) is 6.42 Å². The molecule has 0 bridgehead atoms. The Kier molecular flexibility index (Phi) is 5.14. The predicted octanol–water partition coefficient (Wildman–Crippen LogP) is 2.25. The Hall–Kier alpha value is -1.66. The summed E-state index contributed by atoms with van der Waals surface area (Å²) in [5.41, 5.74) is 4.86. The molecule has 6 heteroatoms. The van der Waals surface area contributed by atoms with Gasteiger partial charge < -0.3 is 15.6 Å². The predicted molar refractivity (Wildman–Crippen MR) is 86.1 cm³/mol. The maximum absolute atomic E-state index is 11.6. The molecule has 0 saturated heterocycles. The standard InChI is InChI=1S/C15H22N4OS/c1-3-18-15(2,14(16)20)7-5-9-19-10-8-17-13(19)12-6-4-11-21-12/h4,6,8,10-11,18H,3,5,7,9H2,1-2H3,(H2,16,20). The third-order valence-corrected chi connectivity index (χ3v) is 4.51. The minimum Gasteiger partial charge on any atom is -0.368 e. The molecule has 0 saturated carbocycles. The van der Waals surface area contributed by atoms with E-state index >= 15 is 0 Å². The van der Waals surface area contributed by atoms with E-state index in [1.165, 1.54) is 0 Å². The van der Waals surface area contributed by atoms with E-state index in [0.717, 1.165) is 30.2 Å². The van der Waals surface area contributed by atoms with E-state index in [-0.39, 0.29) is 5.91 Å². The SMILES string of the molecule is CCNC(C)(CCCn1ccnc1-c1cccs1)C(N)=O. The average molecular weight is 306 g/mol. The number of rotatable bonds is 8. The molecule has 0 aromatic carbocycles. The Morgan fingerprint density at radius 2 is 2.38 bits per heavy atom. The van der Waals surface area contributed by atoms with Crippen molar-refractivity contribution in [3.8, 4) is 10.7 Å². The number of carbonyl (C=O) groups is 1. The van der Waals surface area contributed by atoms with Crippen LogP contribution >= 0.6 is 11.3 Å². The molecule has 2 aromatic heterocycles. The number of hydrogen-bond acceptors (Lipinski definition) is 4. The number of thiophene rings is 1. The van der Waals surface area contributed by atoms with Gasteiger partial charge in [-0.25, -0.2) is 4.98 Å². The quantitative estimate of drug-likeness (QED) is 0.785. The smallest absolute Gasteiger partial charge is 0.237 e. The van der Waals surface area contributed by atoms with Gasteiger partial charge in [0.05, 0.1) is 10.4 Å². The van der Waals surface area contributed by atoms with Crippen molar-refractivity contribution >= 4 is 17.2 Å². The van der Waals surface area contributed by atoms with Crippen molar-refractivity contribution in [3.05, 3.63) is 29.9 Å². The maximum Gasteiger partial charge on any atom is 0.237 e. The van der Waals surface area contributed by atoms with Crippen LogP contribution < -0.4 is 11.1 Å². The van der Waals surface area contributed by atoms with Crippen LogP contribution in [0.25, 0.3) is 10.7 Å². The molecule has 0 aliphatic heterocycles. The second-order valence-corrected chi connectivity index (χ2v) is 6.20. The van der Waals surface area contributed by atoms with Crippen molar-refractivity contribution < 1.29 is 4.79 Å². The van der Waals surface area contributed by atoms with Crippen molar-refractivity contribution in [2.45, 2.75) is 38.8 Å². The number of nitrogens with one attached hydrogen (secondary N) is 1. The van der Waals surface area contributed by atoms with Gasteiger partial charge in [0.25, 0.3) is 0 Å². The summed E-state index contributed by atoms with van der Waals surface area (Å²) >= 11 is 1.68. The van der Waals surface area contributed by atoms with Crippen molar-refractivity contribution in [2.75, 3.05) is 6.54 Å². The second-order valence-electron chi connectivity index (χ2n) is 5.25. The highest BCUT2D eigenvalue weighted by Crippen LogP contribution is 2.23. The molecule has 0 radical (unpaired) electrons. The van der Waals surface area contributed by atoms with Gasteiger partial charge in [0.2, 0.25) is 5.91 Å². The molecule has 1 amide bonds. The van der Waals surface area contributed by atoms with Crippen LogP contribution in [0, 0.1) is 0 Å². The van der Waals surface area contributed by atoms with Crippen LogP contribution in [0.4, 0.5) is 0 Å². The molecular formula is C15H22N4OS. The van der Waals surface area contributed by atoms with Crippen LogP contribution in [0.5, 0.6) is 0 Å². The summed E-state index contributed by atoms with van der Waals surface area (Å²) in [5, 5.41) is 5.23. The van der Waals surface area contributed by atoms with Crippen molar-refractivity contribution in [1.82, 2.24) is 14.9 Å². The Labute approximate surface area is 129 Å². The highest BCUT2D eigenvalue weighted by molar-refractivity contribution is 7.13. The van der Waals surface area contributed by atoms with Crippen LogP contribution in [0.15, 0.2) is 29.9 Å². The van der Waals surface area contributed by atoms with Gasteiger partial charge in [-0.2, -0.15) is 0 Å². The number of carbonyl (C=O) groups excluding carboxylic acids is 1. The molecule has 1 atom stereocenters. The van der Waals surface area contributed by atoms with E-state index in [1.807, 2.05) is 37.7 Å². The van der Waals surface area contributed by atoms with Crippen LogP contribution in [0.3, 0.4) is 0 Å². The first-order chi connectivity index (χ1) is 10.1. The average Bonchev–Trinajstić information content (AvgIpc) is 3.08. The molecule has 0 spiro atoms. The zero-order chi connectivity index (χ0) is 15.3. The van der Waals surface area contributed by atoms with Crippen LogP contribution in [0.2, 0.25) is 0 Å². The third-order valence-electron chi connectivity index (χ3n) is 3.64. The lowest BCUT2D eigenvalue weighted by Crippen LogP contribution is -2.53. The number of hydrogen-bond donors (Lipinski definition) is 2. The van der Waals surface area contributed by atoms with Gasteiger partial charge in [-0.1, -0.05) is 13.0 Å². The van der Waals surface area contributed by atoms with Crippen LogP contribution in [-0.4, -0.2) is 27.5 Å². The van der Waals surface area contributed by atoms with Crippen LogP contribution in [-0.2, 0) is 11.3 Å². The number of likely N-dealkylation sites (N-methyl/N-ethyl adjacent to an activating group) is 1. The van der Waals surface area contributed by atoms with E-state index in [9.17, 15) is 4.79 Å². The van der Waals surface area contributed by atoms with Crippen molar-refractivity contribution in [1.29, 1.82) is 0 Å². The molecule has 3 N–H and O–H groups in total. The largest absolute Gasteiger partial charge is 0.368 e. The number of imidazole rings is 1. The molecule has 114 valence electrons. The Morgan fingerprint density at radius 3 is 3.00 bits per heavy atom. The molecule has 2 heterocycles. The van der Waals surface area contributed by atoms with Gasteiger partial charge in [0.15, 0.2) is 0 Å². The van der Waals surface area contributed by atoms with Gasteiger partial charge in [-0.05, 0) is 37.8 Å². The maximum atomic E-state index is 11.6. The first-order valence-corrected chi connectivity index (χ1v) is 8.05. The number of aromatic nitrogens is 2. The highest BCUT2D eigenvalue weighted by Gasteiger charge is 2.29. The minimum atomic E-state index is -0.640. The van der Waals surface area contributed by atoms with Gasteiger partial charge in [-0.15, -0.1) is 11.3 Å². The van der Waals surface area contributed by atoms with Crippen molar-refractivity contribution in [2.24, 2.45) is 5.73 Å². The molecule has 2 rings (SSSR count). The topological polar surface area (TPSA) is 72.9 Å². The van der Waals surface area contributed by atoms with Crippen molar-refractivity contribution in [3.63, 3.8) is 0 Å². The van der Waals surface area contributed by atoms with E-state index < -0.39 is 5.54 Å². The number of amides is 1. The van der Waals surface area contributed by atoms with Gasteiger partial charge in [0, 0.05) is 18.9 Å². The zero-order valence-corrected chi connectivity index (χ0v) is 13.3. The monoisotopic (exact) mass is 306 g/mol. The second kappa shape index (κ2) is 6.87. The minimum absolute atomic E-state index is 0.298. The summed E-state index contributed by atoms with van der Waals surface area (Å²) in [6.45, 7) is 5.39. The summed E-state index contributed by atoms with van der Waals surface area (Å²) in [5.74, 6) is 0.683. The summed E-state index contributed by atoms with van der Waals surface area (Å²) in [6, 6.07) is 4.09. The Bertz CT molecular complexity index is 578. The van der Waals surface area contributed by atoms with E-state index in [4.69, 9.17) is 5.73 Å². The zero-order valence-electron chi connectivity index (χ0n) is 12.5. The fourth-order valence-electron chi connectivity index (χ4n) is 2.41. The molecule has 5 nitrogen and oxygen atoms in total. The fourth-order valence-corrected chi connectivity index (χ4v) is 3.15. The molecule has 0 fully saturated rings. The fraction of sp³-hybridized carbons (Fsp3) is 0.467. The molecule has 0 aliphatic rings. The first kappa shape index (κ1) is 15.7. The lowest BCUT2D eigenvalue weighted by atomic mass is 9.95. The molecular weight excluding hydrogens is 284 g/mol. The normalized spacial score (nSPS) is 14.0. The number of primary amides is 1. The molecule has 21 heavy (non-hydrogen) atoms. The molecule has 0 aliphatic carbocycles. The lowest BCUT2D eigenvalue weighted by molar-refractivity contribution is -0.124.